The maximum atomic E-state index is 14.5. The van der Waals surface area contributed by atoms with Crippen molar-refractivity contribution in [2.75, 3.05) is 0 Å². The second-order valence-corrected chi connectivity index (χ2v) is 9.22. The van der Waals surface area contributed by atoms with Crippen LogP contribution in [-0.4, -0.2) is 13.4 Å². The third-order valence-corrected chi connectivity index (χ3v) is 6.72. The molecule has 0 spiro atoms. The predicted molar refractivity (Wildman–Crippen MR) is 105 cm³/mol. The topological polar surface area (TPSA) is 56.3 Å². The van der Waals surface area contributed by atoms with E-state index >= 15 is 0 Å². The molecule has 1 heterocycles. The van der Waals surface area contributed by atoms with Crippen LogP contribution in [-0.2, 0) is 15.6 Å². The zero-order valence-electron chi connectivity index (χ0n) is 14.0. The molecule has 0 unspecified atom stereocenters. The Bertz CT molecular complexity index is 1060. The van der Waals surface area contributed by atoms with Crippen LogP contribution < -0.4 is 4.74 Å². The van der Waals surface area contributed by atoms with Crippen molar-refractivity contribution in [3.63, 3.8) is 0 Å². The van der Waals surface area contributed by atoms with Gasteiger partial charge in [0.25, 0.3) is 0 Å². The summed E-state index contributed by atoms with van der Waals surface area (Å²) in [6, 6.07) is 9.12. The third-order valence-electron chi connectivity index (χ3n) is 3.79. The van der Waals surface area contributed by atoms with Gasteiger partial charge < -0.3 is 4.74 Å². The molecule has 0 saturated heterocycles. The minimum atomic E-state index is -3.93. The van der Waals surface area contributed by atoms with Crippen LogP contribution in [0.2, 0.25) is 10.0 Å². The summed E-state index contributed by atoms with van der Waals surface area (Å²) in [5, 5.41) is 2.09. The first-order chi connectivity index (χ1) is 12.8. The highest BCUT2D eigenvalue weighted by Crippen LogP contribution is 2.35. The first kappa shape index (κ1) is 20.1. The van der Waals surface area contributed by atoms with Crippen LogP contribution in [0.15, 0.2) is 52.2 Å². The summed E-state index contributed by atoms with van der Waals surface area (Å²) in [6.07, 6.45) is -0.506. The second kappa shape index (κ2) is 8.14. The molecule has 0 bridgehead atoms. The maximum absolute atomic E-state index is 14.5. The van der Waals surface area contributed by atoms with E-state index in [1.165, 1.54) is 16.8 Å². The lowest BCUT2D eigenvalue weighted by atomic mass is 10.1. The molecular formula is C18H14Cl2FNO3S2. The van der Waals surface area contributed by atoms with Crippen molar-refractivity contribution in [1.29, 1.82) is 0 Å². The summed E-state index contributed by atoms with van der Waals surface area (Å²) in [6.45, 7) is 1.74. The normalized spacial score (nSPS) is 12.7. The average molecular weight is 446 g/mol. The van der Waals surface area contributed by atoms with Crippen molar-refractivity contribution in [3.8, 4) is 5.75 Å². The Labute approximate surface area is 170 Å². The van der Waals surface area contributed by atoms with Gasteiger partial charge in [-0.2, -0.15) is 0 Å². The van der Waals surface area contributed by atoms with Crippen LogP contribution in [0.3, 0.4) is 0 Å². The predicted octanol–water partition coefficient (Wildman–Crippen LogP) is 5.70. The summed E-state index contributed by atoms with van der Waals surface area (Å²) in [4.78, 5) is 3.44. The number of nitrogens with zero attached hydrogens (tertiary/aromatic N) is 1. The van der Waals surface area contributed by atoms with Crippen molar-refractivity contribution in [2.45, 2.75) is 23.7 Å². The van der Waals surface area contributed by atoms with Crippen LogP contribution in [0.25, 0.3) is 0 Å². The fourth-order valence-electron chi connectivity index (χ4n) is 2.48. The van der Waals surface area contributed by atoms with E-state index < -0.39 is 32.4 Å². The van der Waals surface area contributed by atoms with Crippen molar-refractivity contribution < 1.29 is 17.5 Å². The Balaban J connectivity index is 1.88. The lowest BCUT2D eigenvalue weighted by molar-refractivity contribution is 0.226. The van der Waals surface area contributed by atoms with Crippen LogP contribution >= 0.6 is 34.5 Å². The van der Waals surface area contributed by atoms with E-state index in [-0.39, 0.29) is 10.8 Å². The Kier molecular flexibility index (Phi) is 6.05. The SMILES string of the molecule is C[C@H](Oc1cc(F)c(S(=O)(=O)Cc2cscn2)cc1Cl)c1ccccc1Cl. The summed E-state index contributed by atoms with van der Waals surface area (Å²) < 4.78 is 45.2. The first-order valence-electron chi connectivity index (χ1n) is 7.78. The fraction of sp³-hybridized carbons (Fsp3) is 0.167. The minimum Gasteiger partial charge on any atom is -0.484 e. The van der Waals surface area contributed by atoms with Crippen LogP contribution in [0, 0.1) is 5.82 Å². The molecule has 0 aliphatic rings. The highest BCUT2D eigenvalue weighted by molar-refractivity contribution is 7.90. The molecule has 1 atom stereocenters. The van der Waals surface area contributed by atoms with Gasteiger partial charge in [0.15, 0.2) is 9.84 Å². The number of benzene rings is 2. The molecule has 3 aromatic rings. The zero-order valence-corrected chi connectivity index (χ0v) is 17.2. The lowest BCUT2D eigenvalue weighted by Crippen LogP contribution is -2.09. The molecule has 0 amide bonds. The van der Waals surface area contributed by atoms with Gasteiger partial charge in [0.05, 0.1) is 22.0 Å². The Hall–Kier alpha value is -1.67. The van der Waals surface area contributed by atoms with Crippen molar-refractivity contribution >= 4 is 44.4 Å². The van der Waals surface area contributed by atoms with Gasteiger partial charge in [-0.15, -0.1) is 11.3 Å². The van der Waals surface area contributed by atoms with Crippen LogP contribution in [0.1, 0.15) is 24.3 Å². The van der Waals surface area contributed by atoms with Gasteiger partial charge in [0.1, 0.15) is 22.6 Å². The van der Waals surface area contributed by atoms with Crippen molar-refractivity contribution in [1.82, 2.24) is 4.98 Å². The van der Waals surface area contributed by atoms with E-state index in [0.717, 1.165) is 12.1 Å². The van der Waals surface area contributed by atoms with Gasteiger partial charge in [0, 0.05) is 22.0 Å². The third kappa shape index (κ3) is 4.60. The van der Waals surface area contributed by atoms with E-state index in [2.05, 4.69) is 4.98 Å². The van der Waals surface area contributed by atoms with Crippen molar-refractivity contribution in [3.05, 3.63) is 74.4 Å². The molecular weight excluding hydrogens is 432 g/mol. The Morgan fingerprint density at radius 2 is 1.96 bits per heavy atom. The number of aromatic nitrogens is 1. The number of halogens is 3. The smallest absolute Gasteiger partial charge is 0.187 e. The first-order valence-corrected chi connectivity index (χ1v) is 11.1. The van der Waals surface area contributed by atoms with Crippen LogP contribution in [0.5, 0.6) is 5.75 Å². The molecule has 0 saturated carbocycles. The number of thiazole rings is 1. The Morgan fingerprint density at radius 3 is 2.63 bits per heavy atom. The number of sulfone groups is 1. The van der Waals surface area contributed by atoms with E-state index in [1.54, 1.807) is 36.6 Å². The number of hydrogen-bond acceptors (Lipinski definition) is 5. The summed E-state index contributed by atoms with van der Waals surface area (Å²) >= 11 is 13.6. The minimum absolute atomic E-state index is 0.00726. The molecule has 9 heteroatoms. The molecule has 1 aromatic heterocycles. The van der Waals surface area contributed by atoms with Crippen LogP contribution in [0.4, 0.5) is 4.39 Å². The molecule has 3 rings (SSSR count). The van der Waals surface area contributed by atoms with Crippen molar-refractivity contribution in [2.24, 2.45) is 0 Å². The summed E-state index contributed by atoms with van der Waals surface area (Å²) in [7, 11) is -3.93. The molecule has 0 N–H and O–H groups in total. The van der Waals surface area contributed by atoms with E-state index in [4.69, 9.17) is 27.9 Å². The molecule has 0 radical (unpaired) electrons. The standard InChI is InChI=1S/C18H14Cl2FNO3S2/c1-11(13-4-2-3-5-14(13)19)25-17-7-16(21)18(6-15(17)20)27(23,24)9-12-8-26-10-22-12/h2-8,10-11H,9H2,1H3/t11-/m0/s1. The summed E-state index contributed by atoms with van der Waals surface area (Å²) in [5.41, 5.74) is 2.57. The number of rotatable bonds is 6. The molecule has 0 aliphatic heterocycles. The zero-order chi connectivity index (χ0) is 19.6. The van der Waals surface area contributed by atoms with Gasteiger partial charge in [-0.1, -0.05) is 41.4 Å². The molecule has 27 heavy (non-hydrogen) atoms. The quantitative estimate of drug-likeness (QED) is 0.487. The maximum Gasteiger partial charge on any atom is 0.187 e. The van der Waals surface area contributed by atoms with Gasteiger partial charge >= 0.3 is 0 Å². The van der Waals surface area contributed by atoms with Gasteiger partial charge in [-0.3, -0.25) is 0 Å². The van der Waals surface area contributed by atoms with Gasteiger partial charge in [-0.25, -0.2) is 17.8 Å². The average Bonchev–Trinajstić information content (AvgIpc) is 3.10. The van der Waals surface area contributed by atoms with E-state index in [0.29, 0.717) is 16.3 Å². The molecule has 2 aromatic carbocycles. The molecule has 0 fully saturated rings. The monoisotopic (exact) mass is 445 g/mol. The molecule has 0 aliphatic carbocycles. The fourth-order valence-corrected chi connectivity index (χ4v) is 5.06. The number of ether oxygens (including phenoxy) is 1. The summed E-state index contributed by atoms with van der Waals surface area (Å²) in [5.74, 6) is -1.30. The number of hydrogen-bond donors (Lipinski definition) is 0. The van der Waals surface area contributed by atoms with Gasteiger partial charge in [-0.05, 0) is 19.1 Å². The Morgan fingerprint density at radius 1 is 1.22 bits per heavy atom. The highest BCUT2D eigenvalue weighted by atomic mass is 35.5. The van der Waals surface area contributed by atoms with Gasteiger partial charge in [0.2, 0.25) is 0 Å². The lowest BCUT2D eigenvalue weighted by Gasteiger charge is -2.18. The second-order valence-electron chi connectivity index (χ2n) is 5.73. The molecule has 142 valence electrons. The van der Waals surface area contributed by atoms with E-state index in [9.17, 15) is 12.8 Å². The molecule has 4 nitrogen and oxygen atoms in total. The highest BCUT2D eigenvalue weighted by Gasteiger charge is 2.24. The largest absolute Gasteiger partial charge is 0.484 e. The van der Waals surface area contributed by atoms with E-state index in [1.807, 2.05) is 0 Å².